The Balaban J connectivity index is 3.13. The Morgan fingerprint density at radius 2 is 2.14 bits per heavy atom. The summed E-state index contributed by atoms with van der Waals surface area (Å²) in [6.45, 7) is 2.02. The van der Waals surface area contributed by atoms with Gasteiger partial charge in [-0.1, -0.05) is 11.6 Å². The molecule has 0 aromatic heterocycles. The molecule has 1 aromatic rings. The first kappa shape index (κ1) is 10.9. The van der Waals surface area contributed by atoms with Gasteiger partial charge >= 0.3 is 0 Å². The lowest BCUT2D eigenvalue weighted by Crippen LogP contribution is -2.24. The molecule has 0 unspecified atom stereocenters. The highest BCUT2D eigenvalue weighted by Gasteiger charge is 2.15. The van der Waals surface area contributed by atoms with E-state index < -0.39 is 17.5 Å². The minimum Gasteiger partial charge on any atom is -0.352 e. The quantitative estimate of drug-likeness (QED) is 0.761. The summed E-state index contributed by atoms with van der Waals surface area (Å²) in [4.78, 5) is 11.2. The van der Waals surface area contributed by atoms with Crippen LogP contribution in [0.3, 0.4) is 0 Å². The van der Waals surface area contributed by atoms with Crippen LogP contribution in [0.1, 0.15) is 17.3 Å². The summed E-state index contributed by atoms with van der Waals surface area (Å²) in [6, 6.07) is 1.91. The molecule has 0 atom stereocenters. The van der Waals surface area contributed by atoms with Gasteiger partial charge in [0.15, 0.2) is 11.6 Å². The molecule has 0 spiro atoms. The van der Waals surface area contributed by atoms with Gasteiger partial charge < -0.3 is 5.32 Å². The van der Waals surface area contributed by atoms with Gasteiger partial charge in [-0.25, -0.2) is 8.78 Å². The van der Waals surface area contributed by atoms with Gasteiger partial charge in [0, 0.05) is 11.6 Å². The minimum atomic E-state index is -1.18. The highest BCUT2D eigenvalue weighted by Crippen LogP contribution is 2.18. The van der Waals surface area contributed by atoms with Crippen molar-refractivity contribution >= 4 is 17.5 Å². The molecule has 0 heterocycles. The van der Waals surface area contributed by atoms with E-state index in [2.05, 4.69) is 5.32 Å². The second-order valence-electron chi connectivity index (χ2n) is 2.61. The van der Waals surface area contributed by atoms with E-state index in [9.17, 15) is 13.6 Å². The van der Waals surface area contributed by atoms with Crippen LogP contribution in [0.5, 0.6) is 0 Å². The van der Waals surface area contributed by atoms with E-state index >= 15 is 0 Å². The number of hydrogen-bond acceptors (Lipinski definition) is 1. The Kier molecular flexibility index (Phi) is 3.41. The molecular weight excluding hydrogens is 212 g/mol. The molecule has 0 aliphatic carbocycles. The summed E-state index contributed by atoms with van der Waals surface area (Å²) >= 11 is 5.48. The topological polar surface area (TPSA) is 29.1 Å². The van der Waals surface area contributed by atoms with E-state index in [0.29, 0.717) is 6.54 Å². The van der Waals surface area contributed by atoms with Crippen LogP contribution < -0.4 is 5.32 Å². The molecule has 1 rings (SSSR count). The zero-order chi connectivity index (χ0) is 10.7. The Morgan fingerprint density at radius 3 is 2.71 bits per heavy atom. The Morgan fingerprint density at radius 1 is 1.50 bits per heavy atom. The van der Waals surface area contributed by atoms with E-state index in [0.717, 1.165) is 12.1 Å². The molecule has 2 nitrogen and oxygen atoms in total. The third-order valence-corrected chi connectivity index (χ3v) is 1.79. The molecule has 14 heavy (non-hydrogen) atoms. The van der Waals surface area contributed by atoms with Crippen molar-refractivity contribution in [3.63, 3.8) is 0 Å². The number of amides is 1. The molecule has 0 radical (unpaired) electrons. The number of nitrogens with one attached hydrogen (secondary N) is 1. The number of benzene rings is 1. The van der Waals surface area contributed by atoms with Crippen LogP contribution in [0.2, 0.25) is 5.02 Å². The summed E-state index contributed by atoms with van der Waals surface area (Å²) in [5.41, 5.74) is -0.378. The van der Waals surface area contributed by atoms with Gasteiger partial charge in [-0.3, -0.25) is 4.79 Å². The maximum Gasteiger partial charge on any atom is 0.254 e. The molecule has 0 bridgehead atoms. The molecule has 0 fully saturated rings. The van der Waals surface area contributed by atoms with Crippen molar-refractivity contribution in [1.29, 1.82) is 0 Å². The minimum absolute atomic E-state index is 0.00912. The molecule has 0 saturated heterocycles. The molecule has 1 amide bonds. The monoisotopic (exact) mass is 219 g/mol. The average Bonchev–Trinajstić information content (AvgIpc) is 2.11. The van der Waals surface area contributed by atoms with Crippen molar-refractivity contribution in [3.8, 4) is 0 Å². The average molecular weight is 220 g/mol. The predicted octanol–water partition coefficient (Wildman–Crippen LogP) is 2.37. The number of carbonyl (C=O) groups is 1. The maximum absolute atomic E-state index is 13.1. The molecule has 0 aliphatic rings. The van der Waals surface area contributed by atoms with E-state index in [4.69, 9.17) is 11.6 Å². The third kappa shape index (κ3) is 2.20. The van der Waals surface area contributed by atoms with Crippen LogP contribution in [0.15, 0.2) is 12.1 Å². The van der Waals surface area contributed by atoms with Crippen molar-refractivity contribution in [2.24, 2.45) is 0 Å². The number of carbonyl (C=O) groups excluding carboxylic acids is 1. The zero-order valence-electron chi connectivity index (χ0n) is 7.40. The zero-order valence-corrected chi connectivity index (χ0v) is 8.16. The molecule has 0 saturated carbocycles. The van der Waals surface area contributed by atoms with Crippen LogP contribution in [0.25, 0.3) is 0 Å². The molecular formula is C9H8ClF2NO. The standard InChI is InChI=1S/C9H8ClF2NO/c1-2-13-9(14)6-3-5(10)4-7(11)8(6)12/h3-4H,2H2,1H3,(H,13,14). The van der Waals surface area contributed by atoms with Gasteiger partial charge in [0.05, 0.1) is 5.56 Å². The predicted molar refractivity (Wildman–Crippen MR) is 49.4 cm³/mol. The fraction of sp³-hybridized carbons (Fsp3) is 0.222. The summed E-state index contributed by atoms with van der Waals surface area (Å²) < 4.78 is 25.9. The maximum atomic E-state index is 13.1. The van der Waals surface area contributed by atoms with E-state index in [1.165, 1.54) is 0 Å². The molecule has 0 aliphatic heterocycles. The van der Waals surface area contributed by atoms with Crippen LogP contribution >= 0.6 is 11.6 Å². The molecule has 5 heteroatoms. The fourth-order valence-corrected chi connectivity index (χ4v) is 1.18. The van der Waals surface area contributed by atoms with Crippen LogP contribution in [0.4, 0.5) is 8.78 Å². The van der Waals surface area contributed by atoms with Gasteiger partial charge in [0.25, 0.3) is 5.91 Å². The van der Waals surface area contributed by atoms with Crippen molar-refractivity contribution in [1.82, 2.24) is 5.32 Å². The second-order valence-corrected chi connectivity index (χ2v) is 3.05. The summed E-state index contributed by atoms with van der Waals surface area (Å²) in [5.74, 6) is -2.98. The fourth-order valence-electron chi connectivity index (χ4n) is 0.977. The van der Waals surface area contributed by atoms with Gasteiger partial charge in [-0.15, -0.1) is 0 Å². The first-order chi connectivity index (χ1) is 6.56. The number of rotatable bonds is 2. The summed E-state index contributed by atoms with van der Waals surface area (Å²) in [5, 5.41) is 2.34. The first-order valence-corrected chi connectivity index (χ1v) is 4.36. The summed E-state index contributed by atoms with van der Waals surface area (Å²) in [7, 11) is 0. The SMILES string of the molecule is CCNC(=O)c1cc(Cl)cc(F)c1F. The van der Waals surface area contributed by atoms with Crippen molar-refractivity contribution in [2.75, 3.05) is 6.54 Å². The van der Waals surface area contributed by atoms with Crippen LogP contribution in [-0.2, 0) is 0 Å². The van der Waals surface area contributed by atoms with Gasteiger partial charge in [-0.2, -0.15) is 0 Å². The molecule has 76 valence electrons. The Labute approximate surface area is 84.9 Å². The smallest absolute Gasteiger partial charge is 0.254 e. The Bertz CT molecular complexity index is 368. The van der Waals surface area contributed by atoms with E-state index in [1.54, 1.807) is 6.92 Å². The first-order valence-electron chi connectivity index (χ1n) is 3.99. The van der Waals surface area contributed by atoms with Gasteiger partial charge in [0.2, 0.25) is 0 Å². The van der Waals surface area contributed by atoms with Crippen molar-refractivity contribution in [2.45, 2.75) is 6.92 Å². The normalized spacial score (nSPS) is 10.0. The highest BCUT2D eigenvalue weighted by molar-refractivity contribution is 6.31. The number of halogens is 3. The van der Waals surface area contributed by atoms with Gasteiger partial charge in [-0.05, 0) is 19.1 Å². The largest absolute Gasteiger partial charge is 0.352 e. The highest BCUT2D eigenvalue weighted by atomic mass is 35.5. The second kappa shape index (κ2) is 4.37. The lowest BCUT2D eigenvalue weighted by Gasteiger charge is -2.04. The Hall–Kier alpha value is -1.16. The lowest BCUT2D eigenvalue weighted by atomic mass is 10.2. The molecule has 1 N–H and O–H groups in total. The van der Waals surface area contributed by atoms with Crippen LogP contribution in [-0.4, -0.2) is 12.5 Å². The number of hydrogen-bond donors (Lipinski definition) is 1. The van der Waals surface area contributed by atoms with Crippen molar-refractivity contribution in [3.05, 3.63) is 34.4 Å². The summed E-state index contributed by atoms with van der Waals surface area (Å²) in [6.07, 6.45) is 0. The van der Waals surface area contributed by atoms with Gasteiger partial charge in [0.1, 0.15) is 0 Å². The van der Waals surface area contributed by atoms with Crippen molar-refractivity contribution < 1.29 is 13.6 Å². The van der Waals surface area contributed by atoms with Crippen LogP contribution in [0, 0.1) is 11.6 Å². The third-order valence-electron chi connectivity index (χ3n) is 1.57. The van der Waals surface area contributed by atoms with E-state index in [-0.39, 0.29) is 10.6 Å². The molecule has 1 aromatic carbocycles. The lowest BCUT2D eigenvalue weighted by molar-refractivity contribution is 0.0951. The van der Waals surface area contributed by atoms with E-state index in [1.807, 2.05) is 0 Å².